The van der Waals surface area contributed by atoms with Crippen LogP contribution in [0, 0.1) is 11.8 Å². The minimum Gasteiger partial charge on any atom is -0.342 e. The minimum absolute atomic E-state index is 0.134. The average Bonchev–Trinajstić information content (AvgIpc) is 2.62. The van der Waals surface area contributed by atoms with Gasteiger partial charge in [0.25, 0.3) is 0 Å². The van der Waals surface area contributed by atoms with E-state index < -0.39 is 10.0 Å². The largest absolute Gasteiger partial charge is 0.342 e. The number of hydrogen-bond donors (Lipinski definition) is 0. The van der Waals surface area contributed by atoms with Crippen molar-refractivity contribution in [3.8, 4) is 0 Å². The number of piperidine rings is 2. The van der Waals surface area contributed by atoms with Gasteiger partial charge in [-0.25, -0.2) is 8.42 Å². The van der Waals surface area contributed by atoms with Gasteiger partial charge in [-0.2, -0.15) is 4.31 Å². The van der Waals surface area contributed by atoms with Crippen LogP contribution in [0.15, 0.2) is 35.2 Å². The van der Waals surface area contributed by atoms with E-state index in [2.05, 4.69) is 6.92 Å². The fraction of sp³-hybridized carbons (Fsp3) is 0.611. The van der Waals surface area contributed by atoms with Gasteiger partial charge < -0.3 is 4.90 Å². The summed E-state index contributed by atoms with van der Waals surface area (Å²) in [4.78, 5) is 15.0. The van der Waals surface area contributed by atoms with Crippen molar-refractivity contribution in [1.82, 2.24) is 9.21 Å². The normalized spacial score (nSPS) is 24.0. The molecule has 0 aromatic heterocycles. The Morgan fingerprint density at radius 1 is 1.04 bits per heavy atom. The second-order valence-electron chi connectivity index (χ2n) is 7.02. The summed E-state index contributed by atoms with van der Waals surface area (Å²) in [7, 11) is -3.51. The number of carbonyl (C=O) groups is 1. The van der Waals surface area contributed by atoms with E-state index in [-0.39, 0.29) is 11.8 Å². The van der Waals surface area contributed by atoms with Crippen LogP contribution in [0.1, 0.15) is 32.6 Å². The second kappa shape index (κ2) is 7.23. The van der Waals surface area contributed by atoms with Gasteiger partial charge in [0.2, 0.25) is 15.9 Å². The summed E-state index contributed by atoms with van der Waals surface area (Å²) >= 11 is 0. The lowest BCUT2D eigenvalue weighted by Crippen LogP contribution is -2.48. The van der Waals surface area contributed by atoms with Gasteiger partial charge in [-0.05, 0) is 43.7 Å². The van der Waals surface area contributed by atoms with Crippen LogP contribution < -0.4 is 0 Å². The van der Waals surface area contributed by atoms with E-state index in [9.17, 15) is 13.2 Å². The van der Waals surface area contributed by atoms with E-state index in [1.54, 1.807) is 30.3 Å². The molecule has 1 amide bonds. The van der Waals surface area contributed by atoms with Crippen molar-refractivity contribution in [3.63, 3.8) is 0 Å². The third-order valence-electron chi connectivity index (χ3n) is 5.21. The van der Waals surface area contributed by atoms with Gasteiger partial charge in [-0.15, -0.1) is 0 Å². The molecule has 0 spiro atoms. The Kier molecular flexibility index (Phi) is 5.25. The molecule has 0 bridgehead atoms. The van der Waals surface area contributed by atoms with E-state index >= 15 is 0 Å². The number of nitrogens with zero attached hydrogens (tertiary/aromatic N) is 2. The van der Waals surface area contributed by atoms with Crippen LogP contribution in [0.25, 0.3) is 0 Å². The fourth-order valence-electron chi connectivity index (χ4n) is 3.59. The standard InChI is InChI=1S/C18H26N2O3S/c1-15-9-12-19(13-10-15)18(21)16-6-5-11-20(14-16)24(22,23)17-7-3-2-4-8-17/h2-4,7-8,15-16H,5-6,9-14H2,1H3/t16-/m1/s1. The summed E-state index contributed by atoms with van der Waals surface area (Å²) in [6.45, 7) is 4.64. The number of sulfonamides is 1. The first-order valence-corrected chi connectivity index (χ1v) is 10.3. The first-order chi connectivity index (χ1) is 11.5. The van der Waals surface area contributed by atoms with Gasteiger partial charge in [0.05, 0.1) is 10.8 Å². The lowest BCUT2D eigenvalue weighted by molar-refractivity contribution is -0.138. The highest BCUT2D eigenvalue weighted by atomic mass is 32.2. The number of likely N-dealkylation sites (tertiary alicyclic amines) is 1. The molecule has 5 nitrogen and oxygen atoms in total. The molecule has 24 heavy (non-hydrogen) atoms. The topological polar surface area (TPSA) is 57.7 Å². The molecule has 132 valence electrons. The Morgan fingerprint density at radius 3 is 2.38 bits per heavy atom. The molecule has 2 saturated heterocycles. The quantitative estimate of drug-likeness (QED) is 0.841. The Bertz CT molecular complexity index is 667. The van der Waals surface area contributed by atoms with E-state index in [0.29, 0.717) is 23.9 Å². The van der Waals surface area contributed by atoms with Crippen molar-refractivity contribution in [3.05, 3.63) is 30.3 Å². The van der Waals surface area contributed by atoms with Crippen LogP contribution in [-0.2, 0) is 14.8 Å². The molecule has 1 atom stereocenters. The van der Waals surface area contributed by atoms with Crippen LogP contribution in [0.3, 0.4) is 0 Å². The van der Waals surface area contributed by atoms with Crippen molar-refractivity contribution in [1.29, 1.82) is 0 Å². The van der Waals surface area contributed by atoms with E-state index in [1.165, 1.54) is 4.31 Å². The molecule has 2 heterocycles. The van der Waals surface area contributed by atoms with E-state index in [4.69, 9.17) is 0 Å². The summed E-state index contributed by atoms with van der Waals surface area (Å²) in [6, 6.07) is 8.50. The van der Waals surface area contributed by atoms with Gasteiger partial charge in [-0.1, -0.05) is 25.1 Å². The van der Waals surface area contributed by atoms with Crippen molar-refractivity contribution >= 4 is 15.9 Å². The zero-order valence-electron chi connectivity index (χ0n) is 14.2. The predicted octanol–water partition coefficient (Wildman–Crippen LogP) is 2.35. The minimum atomic E-state index is -3.51. The van der Waals surface area contributed by atoms with E-state index in [0.717, 1.165) is 38.8 Å². The van der Waals surface area contributed by atoms with Gasteiger partial charge in [-0.3, -0.25) is 4.79 Å². The molecular weight excluding hydrogens is 324 g/mol. The van der Waals surface area contributed by atoms with Crippen molar-refractivity contribution in [2.45, 2.75) is 37.5 Å². The van der Waals surface area contributed by atoms with Gasteiger partial charge in [0.15, 0.2) is 0 Å². The zero-order valence-corrected chi connectivity index (χ0v) is 15.0. The first-order valence-electron chi connectivity index (χ1n) is 8.82. The molecule has 2 aliphatic heterocycles. The SMILES string of the molecule is CC1CCN(C(=O)[C@@H]2CCCN(S(=O)(=O)c3ccccc3)C2)CC1. The van der Waals surface area contributed by atoms with Crippen LogP contribution in [0.2, 0.25) is 0 Å². The summed E-state index contributed by atoms with van der Waals surface area (Å²) in [5, 5.41) is 0. The van der Waals surface area contributed by atoms with Crippen molar-refractivity contribution in [2.24, 2.45) is 11.8 Å². The summed E-state index contributed by atoms with van der Waals surface area (Å²) in [5.41, 5.74) is 0. The maximum atomic E-state index is 12.8. The molecule has 0 unspecified atom stereocenters. The number of hydrogen-bond acceptors (Lipinski definition) is 3. The third kappa shape index (κ3) is 3.64. The van der Waals surface area contributed by atoms with Crippen LogP contribution >= 0.6 is 0 Å². The zero-order chi connectivity index (χ0) is 17.2. The van der Waals surface area contributed by atoms with Crippen LogP contribution in [0.4, 0.5) is 0 Å². The lowest BCUT2D eigenvalue weighted by atomic mass is 9.94. The number of rotatable bonds is 3. The maximum absolute atomic E-state index is 12.8. The summed E-state index contributed by atoms with van der Waals surface area (Å²) in [6.07, 6.45) is 3.62. The van der Waals surface area contributed by atoms with Crippen LogP contribution in [0.5, 0.6) is 0 Å². The second-order valence-corrected chi connectivity index (χ2v) is 8.96. The number of benzene rings is 1. The molecule has 6 heteroatoms. The Morgan fingerprint density at radius 2 is 1.71 bits per heavy atom. The number of carbonyl (C=O) groups excluding carboxylic acids is 1. The Hall–Kier alpha value is -1.40. The number of amides is 1. The van der Waals surface area contributed by atoms with Crippen molar-refractivity contribution in [2.75, 3.05) is 26.2 Å². The van der Waals surface area contributed by atoms with Gasteiger partial charge >= 0.3 is 0 Å². The molecule has 2 fully saturated rings. The van der Waals surface area contributed by atoms with Crippen molar-refractivity contribution < 1.29 is 13.2 Å². The fourth-order valence-corrected chi connectivity index (χ4v) is 5.14. The molecule has 0 aliphatic carbocycles. The average molecular weight is 350 g/mol. The molecule has 0 saturated carbocycles. The molecule has 1 aromatic carbocycles. The molecule has 2 aliphatic rings. The summed E-state index contributed by atoms with van der Waals surface area (Å²) in [5.74, 6) is 0.607. The Balaban J connectivity index is 1.69. The molecule has 0 radical (unpaired) electrons. The predicted molar refractivity (Wildman–Crippen MR) is 92.9 cm³/mol. The first kappa shape index (κ1) is 17.4. The lowest BCUT2D eigenvalue weighted by Gasteiger charge is -2.36. The molecular formula is C18H26N2O3S. The Labute approximate surface area is 144 Å². The molecule has 3 rings (SSSR count). The maximum Gasteiger partial charge on any atom is 0.243 e. The third-order valence-corrected chi connectivity index (χ3v) is 7.09. The highest BCUT2D eigenvalue weighted by Gasteiger charge is 2.35. The monoisotopic (exact) mass is 350 g/mol. The van der Waals surface area contributed by atoms with Gasteiger partial charge in [0, 0.05) is 26.2 Å². The summed E-state index contributed by atoms with van der Waals surface area (Å²) < 4.78 is 27.0. The van der Waals surface area contributed by atoms with Crippen LogP contribution in [-0.4, -0.2) is 49.7 Å². The smallest absolute Gasteiger partial charge is 0.243 e. The molecule has 0 N–H and O–H groups in total. The highest BCUT2D eigenvalue weighted by Crippen LogP contribution is 2.26. The van der Waals surface area contributed by atoms with Gasteiger partial charge in [0.1, 0.15) is 0 Å². The highest BCUT2D eigenvalue weighted by molar-refractivity contribution is 7.89. The van der Waals surface area contributed by atoms with E-state index in [1.807, 2.05) is 4.90 Å². The molecule has 1 aromatic rings.